The quantitative estimate of drug-likeness (QED) is 0.537. The van der Waals surface area contributed by atoms with Crippen molar-refractivity contribution in [1.29, 1.82) is 0 Å². The first kappa shape index (κ1) is 26.8. The van der Waals surface area contributed by atoms with Crippen LogP contribution in [0, 0.1) is 12.7 Å². The number of likely N-dealkylation sites (N-methyl/N-ethyl adjacent to an activating group) is 1. The van der Waals surface area contributed by atoms with Crippen LogP contribution in [-0.4, -0.2) is 55.1 Å². The first-order chi connectivity index (χ1) is 16.6. The molecule has 0 aliphatic heterocycles. The number of hydrogen-bond donors (Lipinski definition) is 1. The molecule has 2 amide bonds. The fourth-order valence-corrected chi connectivity index (χ4v) is 5.45. The van der Waals surface area contributed by atoms with Gasteiger partial charge in [0.2, 0.25) is 21.8 Å². The van der Waals surface area contributed by atoms with Crippen molar-refractivity contribution >= 4 is 21.8 Å². The molecule has 1 fully saturated rings. The molecule has 3 rings (SSSR count). The number of aryl methyl sites for hydroxylation is 1. The average molecular weight is 504 g/mol. The molecule has 2 aromatic carbocycles. The van der Waals surface area contributed by atoms with Crippen molar-refractivity contribution in [3.63, 3.8) is 0 Å². The Labute approximate surface area is 207 Å². The zero-order chi connectivity index (χ0) is 25.6. The number of hydrogen-bond acceptors (Lipinski definition) is 4. The summed E-state index contributed by atoms with van der Waals surface area (Å²) in [4.78, 5) is 28.1. The second-order valence-corrected chi connectivity index (χ2v) is 11.2. The molecule has 0 saturated heterocycles. The van der Waals surface area contributed by atoms with Gasteiger partial charge in [0.25, 0.3) is 0 Å². The number of benzene rings is 2. The van der Waals surface area contributed by atoms with E-state index in [0.29, 0.717) is 12.0 Å². The Hall–Kier alpha value is -2.78. The molecule has 35 heavy (non-hydrogen) atoms. The lowest BCUT2D eigenvalue weighted by Crippen LogP contribution is -2.53. The van der Waals surface area contributed by atoms with Crippen LogP contribution in [-0.2, 0) is 26.2 Å². The lowest BCUT2D eigenvalue weighted by atomic mass is 10.1. The van der Waals surface area contributed by atoms with Crippen molar-refractivity contribution in [3.8, 4) is 0 Å². The van der Waals surface area contributed by atoms with Crippen LogP contribution in [0.4, 0.5) is 4.39 Å². The SMILES string of the molecule is CC[C@H](C(=O)NC1CCCC1)N(Cc1ccc(F)cc1)C(=O)CN(C)S(=O)(=O)c1ccc(C)cc1. The van der Waals surface area contributed by atoms with E-state index in [2.05, 4.69) is 5.32 Å². The van der Waals surface area contributed by atoms with E-state index in [1.807, 2.05) is 13.8 Å². The number of amides is 2. The molecule has 0 heterocycles. The van der Waals surface area contributed by atoms with Gasteiger partial charge in [0.1, 0.15) is 11.9 Å². The fourth-order valence-electron chi connectivity index (χ4n) is 4.33. The summed E-state index contributed by atoms with van der Waals surface area (Å²) in [5.41, 5.74) is 1.57. The third kappa shape index (κ3) is 6.89. The van der Waals surface area contributed by atoms with Gasteiger partial charge in [-0.15, -0.1) is 0 Å². The first-order valence-corrected chi connectivity index (χ1v) is 13.4. The molecule has 7 nitrogen and oxygen atoms in total. The van der Waals surface area contributed by atoms with Crippen LogP contribution in [0.15, 0.2) is 53.4 Å². The molecule has 0 unspecified atom stereocenters. The van der Waals surface area contributed by atoms with E-state index in [-0.39, 0.29) is 23.4 Å². The number of carbonyl (C=O) groups excluding carboxylic acids is 2. The van der Waals surface area contributed by atoms with Crippen molar-refractivity contribution in [2.75, 3.05) is 13.6 Å². The summed E-state index contributed by atoms with van der Waals surface area (Å²) >= 11 is 0. The number of halogens is 1. The summed E-state index contributed by atoms with van der Waals surface area (Å²) in [7, 11) is -2.55. The van der Waals surface area contributed by atoms with Crippen molar-refractivity contribution < 1.29 is 22.4 Å². The summed E-state index contributed by atoms with van der Waals surface area (Å²) in [5, 5.41) is 3.05. The molecule has 0 spiro atoms. The van der Waals surface area contributed by atoms with Crippen LogP contribution in [0.25, 0.3) is 0 Å². The van der Waals surface area contributed by atoms with Crippen LogP contribution in [0.2, 0.25) is 0 Å². The molecule has 0 aromatic heterocycles. The highest BCUT2D eigenvalue weighted by atomic mass is 32.2. The minimum Gasteiger partial charge on any atom is -0.352 e. The Kier molecular flexibility index (Phi) is 9.02. The summed E-state index contributed by atoms with van der Waals surface area (Å²) < 4.78 is 40.5. The Bertz CT molecular complexity index is 1110. The third-order valence-corrected chi connectivity index (χ3v) is 8.26. The van der Waals surface area contributed by atoms with E-state index < -0.39 is 34.3 Å². The summed E-state index contributed by atoms with van der Waals surface area (Å²) in [6.45, 7) is 3.31. The van der Waals surface area contributed by atoms with Gasteiger partial charge in [0.15, 0.2) is 0 Å². The Balaban J connectivity index is 1.83. The van der Waals surface area contributed by atoms with Crippen LogP contribution in [0.5, 0.6) is 0 Å². The monoisotopic (exact) mass is 503 g/mol. The molecule has 1 saturated carbocycles. The second-order valence-electron chi connectivity index (χ2n) is 9.14. The number of carbonyl (C=O) groups is 2. The van der Waals surface area contributed by atoms with Crippen LogP contribution < -0.4 is 5.32 Å². The number of rotatable bonds is 10. The Morgan fingerprint density at radius 1 is 1.06 bits per heavy atom. The van der Waals surface area contributed by atoms with E-state index >= 15 is 0 Å². The molecule has 2 aromatic rings. The minimum absolute atomic E-state index is 0.0636. The zero-order valence-corrected chi connectivity index (χ0v) is 21.4. The minimum atomic E-state index is -3.90. The molecule has 190 valence electrons. The highest BCUT2D eigenvalue weighted by molar-refractivity contribution is 7.89. The smallest absolute Gasteiger partial charge is 0.243 e. The van der Waals surface area contributed by atoms with E-state index in [9.17, 15) is 22.4 Å². The van der Waals surface area contributed by atoms with Gasteiger partial charge in [0, 0.05) is 19.6 Å². The van der Waals surface area contributed by atoms with Gasteiger partial charge in [-0.1, -0.05) is 49.6 Å². The summed E-state index contributed by atoms with van der Waals surface area (Å²) in [5.74, 6) is -1.15. The van der Waals surface area contributed by atoms with E-state index in [1.165, 1.54) is 36.2 Å². The van der Waals surface area contributed by atoms with Gasteiger partial charge in [-0.25, -0.2) is 12.8 Å². The second kappa shape index (κ2) is 11.8. The van der Waals surface area contributed by atoms with Gasteiger partial charge < -0.3 is 10.2 Å². The van der Waals surface area contributed by atoms with Crippen LogP contribution in [0.1, 0.15) is 50.2 Å². The number of nitrogens with one attached hydrogen (secondary N) is 1. The topological polar surface area (TPSA) is 86.8 Å². The molecular weight excluding hydrogens is 469 g/mol. The largest absolute Gasteiger partial charge is 0.352 e. The number of nitrogens with zero attached hydrogens (tertiary/aromatic N) is 2. The van der Waals surface area contributed by atoms with Crippen molar-refractivity contribution in [2.24, 2.45) is 0 Å². The van der Waals surface area contributed by atoms with Gasteiger partial charge in [0.05, 0.1) is 11.4 Å². The van der Waals surface area contributed by atoms with Gasteiger partial charge in [-0.05, 0) is 56.0 Å². The first-order valence-electron chi connectivity index (χ1n) is 12.0. The standard InChI is InChI=1S/C26H34FN3O4S/c1-4-24(26(32)28-22-7-5-6-8-22)30(17-20-11-13-21(27)14-12-20)25(31)18-29(3)35(33,34)23-15-9-19(2)10-16-23/h9-16,22,24H,4-8,17-18H2,1-3H3,(H,28,32)/t24-/m1/s1. The molecule has 1 aliphatic carbocycles. The molecule has 1 aliphatic rings. The Morgan fingerprint density at radius 3 is 2.23 bits per heavy atom. The molecular formula is C26H34FN3O4S. The predicted molar refractivity (Wildman–Crippen MR) is 132 cm³/mol. The van der Waals surface area contributed by atoms with Crippen molar-refractivity contribution in [1.82, 2.24) is 14.5 Å². The summed E-state index contributed by atoms with van der Waals surface area (Å²) in [6, 6.07) is 11.4. The van der Waals surface area contributed by atoms with Crippen molar-refractivity contribution in [3.05, 3.63) is 65.5 Å². The highest BCUT2D eigenvalue weighted by Gasteiger charge is 2.33. The molecule has 1 N–H and O–H groups in total. The van der Waals surface area contributed by atoms with Crippen LogP contribution in [0.3, 0.4) is 0 Å². The predicted octanol–water partition coefficient (Wildman–Crippen LogP) is 3.62. The molecule has 9 heteroatoms. The molecule has 1 atom stereocenters. The highest BCUT2D eigenvalue weighted by Crippen LogP contribution is 2.20. The van der Waals surface area contributed by atoms with E-state index in [4.69, 9.17) is 0 Å². The molecule has 0 radical (unpaired) electrons. The lowest BCUT2D eigenvalue weighted by Gasteiger charge is -2.32. The normalized spacial score (nSPS) is 15.2. The fraction of sp³-hybridized carbons (Fsp3) is 0.462. The van der Waals surface area contributed by atoms with Gasteiger partial charge in [-0.2, -0.15) is 4.31 Å². The number of sulfonamides is 1. The maximum absolute atomic E-state index is 13.5. The maximum atomic E-state index is 13.5. The van der Waals surface area contributed by atoms with E-state index in [1.54, 1.807) is 24.3 Å². The zero-order valence-electron chi connectivity index (χ0n) is 20.5. The maximum Gasteiger partial charge on any atom is 0.243 e. The summed E-state index contributed by atoms with van der Waals surface area (Å²) in [6.07, 6.45) is 4.29. The lowest BCUT2D eigenvalue weighted by molar-refractivity contribution is -0.141. The van der Waals surface area contributed by atoms with Crippen LogP contribution >= 0.6 is 0 Å². The van der Waals surface area contributed by atoms with E-state index in [0.717, 1.165) is 35.6 Å². The van der Waals surface area contributed by atoms with Gasteiger partial charge >= 0.3 is 0 Å². The third-order valence-electron chi connectivity index (χ3n) is 6.44. The molecule has 0 bridgehead atoms. The average Bonchev–Trinajstić information content (AvgIpc) is 3.33. The van der Waals surface area contributed by atoms with Gasteiger partial charge in [-0.3, -0.25) is 9.59 Å². The van der Waals surface area contributed by atoms with Crippen molar-refractivity contribution in [2.45, 2.75) is 69.5 Å². The Morgan fingerprint density at radius 2 is 1.66 bits per heavy atom.